The van der Waals surface area contributed by atoms with Crippen molar-refractivity contribution in [3.8, 4) is 0 Å². The van der Waals surface area contributed by atoms with Crippen molar-refractivity contribution in [2.75, 3.05) is 14.1 Å². The fourth-order valence-corrected chi connectivity index (χ4v) is 8.85. The van der Waals surface area contributed by atoms with Crippen LogP contribution in [-0.2, 0) is 14.6 Å². The van der Waals surface area contributed by atoms with Crippen molar-refractivity contribution in [2.24, 2.45) is 0 Å². The van der Waals surface area contributed by atoms with Crippen LogP contribution in [0.1, 0.15) is 20.3 Å². The van der Waals surface area contributed by atoms with E-state index in [9.17, 15) is 13.0 Å². The fourth-order valence-electron chi connectivity index (χ4n) is 1.46. The van der Waals surface area contributed by atoms with Gasteiger partial charge in [0.1, 0.15) is 0 Å². The molecule has 114 valence electrons. The topological polar surface area (TPSA) is 66.5 Å². The third-order valence-corrected chi connectivity index (χ3v) is 11.7. The number of rotatable bonds is 7. The number of nitrogens with one attached hydrogen (secondary N) is 1. The van der Waals surface area contributed by atoms with Crippen LogP contribution < -0.4 is 5.09 Å². The molecule has 0 aromatic heterocycles. The Bertz CT molecular complexity index is 578. The summed E-state index contributed by atoms with van der Waals surface area (Å²) in [5.74, 6) is 0. The lowest BCUT2D eigenvalue weighted by atomic mass is 10.4. The first-order valence-corrected chi connectivity index (χ1v) is 10.9. The molecule has 0 aliphatic rings. The van der Waals surface area contributed by atoms with E-state index in [1.54, 1.807) is 18.2 Å². The molecule has 0 amide bonds. The number of hydrogen-bond donors (Lipinski definition) is 1. The number of sulfonamides is 1. The van der Waals surface area contributed by atoms with Crippen LogP contribution >= 0.6 is 18.0 Å². The van der Waals surface area contributed by atoms with Gasteiger partial charge in [0.15, 0.2) is 0 Å². The molecule has 0 saturated carbocycles. The van der Waals surface area contributed by atoms with Crippen LogP contribution in [0.25, 0.3) is 0 Å². The van der Waals surface area contributed by atoms with Gasteiger partial charge >= 0.3 is 0 Å². The molecule has 0 radical (unpaired) electrons. The van der Waals surface area contributed by atoms with Crippen molar-refractivity contribution in [1.29, 1.82) is 0 Å². The Morgan fingerprint density at radius 3 is 2.35 bits per heavy atom. The van der Waals surface area contributed by atoms with E-state index >= 15 is 0 Å². The molecule has 1 N–H and O–H groups in total. The first-order valence-electron chi connectivity index (χ1n) is 6.30. The van der Waals surface area contributed by atoms with E-state index < -0.39 is 16.7 Å². The summed E-state index contributed by atoms with van der Waals surface area (Å²) in [6.45, 7) is 0.665. The van der Waals surface area contributed by atoms with Gasteiger partial charge in [-0.05, 0) is 25.6 Å². The Hall–Kier alpha value is -0.330. The summed E-state index contributed by atoms with van der Waals surface area (Å²) in [5, 5.41) is 2.78. The van der Waals surface area contributed by atoms with Gasteiger partial charge in [-0.25, -0.2) is 13.5 Å². The summed E-state index contributed by atoms with van der Waals surface area (Å²) in [6, 6.07) is 8.03. The first kappa shape index (κ1) is 17.7. The van der Waals surface area contributed by atoms with E-state index in [0.717, 1.165) is 10.5 Å². The van der Waals surface area contributed by atoms with Crippen LogP contribution in [0.15, 0.2) is 35.2 Å². The molecular weight excluding hydrogens is 315 g/mol. The Balaban J connectivity index is 3.14. The third-order valence-electron chi connectivity index (χ3n) is 2.94. The van der Waals surface area contributed by atoms with Crippen LogP contribution in [0, 0.1) is 0 Å². The zero-order chi connectivity index (χ0) is 15.4. The average Bonchev–Trinajstić information content (AvgIpc) is 2.46. The molecule has 1 aromatic rings. The number of nitrogens with zero attached hydrogens (tertiary/aromatic N) is 1. The molecule has 2 unspecified atom stereocenters. The Morgan fingerprint density at radius 2 is 1.90 bits per heavy atom. The number of benzene rings is 1. The molecule has 0 aliphatic carbocycles. The van der Waals surface area contributed by atoms with Crippen molar-refractivity contribution >= 4 is 28.1 Å². The van der Waals surface area contributed by atoms with E-state index in [-0.39, 0.29) is 10.1 Å². The molecular formula is C12H21N2O3PS2. The van der Waals surface area contributed by atoms with Crippen LogP contribution in [0.3, 0.4) is 0 Å². The van der Waals surface area contributed by atoms with Gasteiger partial charge in [0.2, 0.25) is 10.0 Å². The van der Waals surface area contributed by atoms with E-state index in [2.05, 4.69) is 5.09 Å². The average molecular weight is 336 g/mol. The molecule has 5 nitrogen and oxygen atoms in total. The van der Waals surface area contributed by atoms with Gasteiger partial charge in [-0.15, -0.1) is 4.08 Å². The van der Waals surface area contributed by atoms with Crippen molar-refractivity contribution in [2.45, 2.75) is 30.4 Å². The maximum Gasteiger partial charge on any atom is 0.282 e. The molecule has 0 bridgehead atoms. The predicted octanol–water partition coefficient (Wildman–Crippen LogP) is 3.17. The third kappa shape index (κ3) is 3.86. The van der Waals surface area contributed by atoms with E-state index in [4.69, 9.17) is 0 Å². The zero-order valence-electron chi connectivity index (χ0n) is 12.1. The minimum absolute atomic E-state index is 0.0988. The standard InChI is InChI=1S/C12H21N2O3PS2/c1-5-11(2)19-18(15,13-3)14(4)20(16,17)12-9-7-6-8-10-12/h6-11H,5H2,1-4H3,(H,13,15). The maximum absolute atomic E-state index is 12.9. The Labute approximate surface area is 125 Å². The predicted molar refractivity (Wildman–Crippen MR) is 85.4 cm³/mol. The highest BCUT2D eigenvalue weighted by Gasteiger charge is 2.37. The highest BCUT2D eigenvalue weighted by atomic mass is 32.7. The highest BCUT2D eigenvalue weighted by Crippen LogP contribution is 2.60. The SMILES string of the molecule is CCC(C)SP(=O)(NC)N(C)S(=O)(=O)c1ccccc1. The van der Waals surface area contributed by atoms with Crippen LogP contribution in [0.2, 0.25) is 0 Å². The minimum atomic E-state index is -3.78. The lowest BCUT2D eigenvalue weighted by Crippen LogP contribution is -2.28. The molecule has 0 spiro atoms. The summed E-state index contributed by atoms with van der Waals surface area (Å²) in [7, 11) is -0.899. The van der Waals surface area contributed by atoms with Gasteiger partial charge in [-0.1, -0.05) is 43.4 Å². The second-order valence-corrected chi connectivity index (χ2v) is 11.8. The van der Waals surface area contributed by atoms with Gasteiger partial charge in [0, 0.05) is 12.3 Å². The van der Waals surface area contributed by atoms with Crippen molar-refractivity contribution < 1.29 is 13.0 Å². The van der Waals surface area contributed by atoms with Gasteiger partial charge < -0.3 is 0 Å². The molecule has 20 heavy (non-hydrogen) atoms. The Kier molecular flexibility index (Phi) is 6.28. The first-order chi connectivity index (χ1) is 9.28. The number of hydrogen-bond acceptors (Lipinski definition) is 4. The maximum atomic E-state index is 12.9. The van der Waals surface area contributed by atoms with E-state index in [1.165, 1.54) is 37.6 Å². The van der Waals surface area contributed by atoms with Crippen molar-refractivity contribution in [3.63, 3.8) is 0 Å². The fraction of sp³-hybridized carbons (Fsp3) is 0.500. The smallest absolute Gasteiger partial charge is 0.276 e. The van der Waals surface area contributed by atoms with Gasteiger partial charge in [-0.3, -0.25) is 4.57 Å². The molecule has 8 heteroatoms. The molecule has 0 saturated heterocycles. The summed E-state index contributed by atoms with van der Waals surface area (Å²) in [6.07, 6.45) is 0.815. The van der Waals surface area contributed by atoms with Gasteiger partial charge in [0.05, 0.1) is 4.90 Å². The molecule has 1 rings (SSSR count). The summed E-state index contributed by atoms with van der Waals surface area (Å²) in [4.78, 5) is 0.141. The second-order valence-electron chi connectivity index (χ2n) is 4.32. The second kappa shape index (κ2) is 7.09. The molecule has 0 fully saturated rings. The van der Waals surface area contributed by atoms with Crippen LogP contribution in [0.4, 0.5) is 0 Å². The van der Waals surface area contributed by atoms with Gasteiger partial charge in [-0.2, -0.15) is 0 Å². The molecule has 0 aliphatic heterocycles. The van der Waals surface area contributed by atoms with Crippen molar-refractivity contribution in [1.82, 2.24) is 9.16 Å². The lowest BCUT2D eigenvalue weighted by molar-refractivity contribution is 0.526. The zero-order valence-corrected chi connectivity index (χ0v) is 14.6. The minimum Gasteiger partial charge on any atom is -0.276 e. The van der Waals surface area contributed by atoms with Crippen molar-refractivity contribution in [3.05, 3.63) is 30.3 Å². The Morgan fingerprint density at radius 1 is 1.35 bits per heavy atom. The molecule has 1 aromatic carbocycles. The van der Waals surface area contributed by atoms with Gasteiger partial charge in [0.25, 0.3) is 6.65 Å². The lowest BCUT2D eigenvalue weighted by Gasteiger charge is -2.28. The van der Waals surface area contributed by atoms with E-state index in [1.807, 2.05) is 13.8 Å². The summed E-state index contributed by atoms with van der Waals surface area (Å²) >= 11 is 1.17. The summed E-state index contributed by atoms with van der Waals surface area (Å²) in [5.41, 5.74) is 0. The monoisotopic (exact) mass is 336 g/mol. The van der Waals surface area contributed by atoms with Crippen LogP contribution in [-0.4, -0.2) is 31.8 Å². The highest BCUT2D eigenvalue weighted by molar-refractivity contribution is 8.58. The normalized spacial score (nSPS) is 16.9. The molecule has 2 atom stereocenters. The largest absolute Gasteiger partial charge is 0.282 e. The van der Waals surface area contributed by atoms with E-state index in [0.29, 0.717) is 0 Å². The quantitative estimate of drug-likeness (QED) is 0.775. The summed E-state index contributed by atoms with van der Waals surface area (Å²) < 4.78 is 38.9. The molecule has 0 heterocycles. The van der Waals surface area contributed by atoms with Crippen LogP contribution in [0.5, 0.6) is 0 Å².